The fourth-order valence-electron chi connectivity index (χ4n) is 3.96. The normalized spacial score (nSPS) is 18.1. The zero-order valence-electron chi connectivity index (χ0n) is 20.1. The highest BCUT2D eigenvalue weighted by molar-refractivity contribution is 8.18. The number of esters is 1. The summed E-state index contributed by atoms with van der Waals surface area (Å²) in [6, 6.07) is 7.78. The number of carbonyl (C=O) groups excluding carboxylic acids is 4. The summed E-state index contributed by atoms with van der Waals surface area (Å²) in [7, 11) is 0. The van der Waals surface area contributed by atoms with Crippen LogP contribution in [0.1, 0.15) is 58.4 Å². The number of imide groups is 1. The molecule has 0 aliphatic carbocycles. The van der Waals surface area contributed by atoms with Crippen LogP contribution in [0.3, 0.4) is 0 Å². The van der Waals surface area contributed by atoms with Crippen molar-refractivity contribution in [1.29, 1.82) is 0 Å². The molecule has 1 aromatic rings. The topological polar surface area (TPSA) is 96.0 Å². The van der Waals surface area contributed by atoms with E-state index in [4.69, 9.17) is 4.74 Å². The lowest BCUT2D eigenvalue weighted by molar-refractivity contribution is -0.155. The van der Waals surface area contributed by atoms with Crippen molar-refractivity contribution in [1.82, 2.24) is 10.2 Å². The van der Waals surface area contributed by atoms with E-state index in [0.29, 0.717) is 50.2 Å². The second-order valence-electron chi connectivity index (χ2n) is 9.43. The molecule has 2 heterocycles. The van der Waals surface area contributed by atoms with Crippen LogP contribution in [0.4, 0.5) is 10.5 Å². The van der Waals surface area contributed by atoms with Crippen LogP contribution in [0, 0.1) is 0 Å². The van der Waals surface area contributed by atoms with E-state index in [-0.39, 0.29) is 23.0 Å². The van der Waals surface area contributed by atoms with Crippen molar-refractivity contribution in [2.24, 2.45) is 0 Å². The number of amides is 3. The van der Waals surface area contributed by atoms with Gasteiger partial charge in [0, 0.05) is 44.7 Å². The molecule has 0 atom stereocenters. The van der Waals surface area contributed by atoms with Crippen molar-refractivity contribution >= 4 is 46.5 Å². The number of carbonyl (C=O) groups is 4. The van der Waals surface area contributed by atoms with Gasteiger partial charge in [0.15, 0.2) is 0 Å². The highest BCUT2D eigenvalue weighted by Crippen LogP contribution is 2.30. The maximum absolute atomic E-state index is 12.7. The Hall–Kier alpha value is -2.81. The van der Waals surface area contributed by atoms with Gasteiger partial charge in [0.1, 0.15) is 5.60 Å². The molecule has 3 amide bonds. The standard InChI is InChI=1S/C25H33N3O5S/c1-25(2,3)33-22(30)12-7-6-11-21(29)28-14-8-13-27(15-16-28)19-10-5-4-9-18(19)17-20-23(31)26-24(32)34-20/h4-5,9-10,17H,6-8,11-16H2,1-3H3,(H,26,31,32)/b20-17-. The molecule has 2 aliphatic heterocycles. The van der Waals surface area contributed by atoms with Crippen LogP contribution in [0.2, 0.25) is 0 Å². The molecule has 2 aliphatic rings. The lowest BCUT2D eigenvalue weighted by atomic mass is 10.1. The Morgan fingerprint density at radius 3 is 2.50 bits per heavy atom. The number of thioether (sulfide) groups is 1. The molecular formula is C25H33N3O5S. The third-order valence-corrected chi connectivity index (χ3v) is 6.31. The summed E-state index contributed by atoms with van der Waals surface area (Å²) in [6.07, 6.45) is 4.63. The van der Waals surface area contributed by atoms with E-state index >= 15 is 0 Å². The van der Waals surface area contributed by atoms with Crippen molar-refractivity contribution < 1.29 is 23.9 Å². The maximum Gasteiger partial charge on any atom is 0.306 e. The molecule has 0 spiro atoms. The molecule has 0 aromatic heterocycles. The Balaban J connectivity index is 1.52. The van der Waals surface area contributed by atoms with Gasteiger partial charge in [-0.1, -0.05) is 18.2 Å². The van der Waals surface area contributed by atoms with Gasteiger partial charge in [-0.3, -0.25) is 24.5 Å². The first-order valence-electron chi connectivity index (χ1n) is 11.7. The number of hydrogen-bond donors (Lipinski definition) is 1. The number of unbranched alkanes of at least 4 members (excludes halogenated alkanes) is 1. The first kappa shape index (κ1) is 25.8. The number of benzene rings is 1. The van der Waals surface area contributed by atoms with Crippen molar-refractivity contribution in [2.75, 3.05) is 31.1 Å². The van der Waals surface area contributed by atoms with Gasteiger partial charge < -0.3 is 14.5 Å². The minimum Gasteiger partial charge on any atom is -0.460 e. The predicted molar refractivity (Wildman–Crippen MR) is 133 cm³/mol. The third-order valence-electron chi connectivity index (χ3n) is 5.50. The molecular weight excluding hydrogens is 454 g/mol. The van der Waals surface area contributed by atoms with Gasteiger partial charge in [-0.2, -0.15) is 0 Å². The van der Waals surface area contributed by atoms with Crippen LogP contribution in [-0.2, 0) is 19.1 Å². The Morgan fingerprint density at radius 1 is 1.06 bits per heavy atom. The molecule has 0 bridgehead atoms. The van der Waals surface area contributed by atoms with E-state index in [1.165, 1.54) is 0 Å². The molecule has 2 fully saturated rings. The number of anilines is 1. The summed E-state index contributed by atoms with van der Waals surface area (Å²) >= 11 is 0.907. The van der Waals surface area contributed by atoms with Crippen LogP contribution in [-0.4, -0.2) is 59.7 Å². The van der Waals surface area contributed by atoms with Gasteiger partial charge >= 0.3 is 5.97 Å². The Labute approximate surface area is 205 Å². The monoisotopic (exact) mass is 487 g/mol. The zero-order valence-corrected chi connectivity index (χ0v) is 20.9. The number of rotatable bonds is 7. The van der Waals surface area contributed by atoms with Crippen molar-refractivity contribution in [3.63, 3.8) is 0 Å². The number of nitrogens with one attached hydrogen (secondary N) is 1. The number of para-hydroxylation sites is 1. The minimum absolute atomic E-state index is 0.110. The van der Waals surface area contributed by atoms with E-state index < -0.39 is 5.60 Å². The predicted octanol–water partition coefficient (Wildman–Crippen LogP) is 3.95. The highest BCUT2D eigenvalue weighted by atomic mass is 32.2. The largest absolute Gasteiger partial charge is 0.460 e. The smallest absolute Gasteiger partial charge is 0.306 e. The first-order chi connectivity index (χ1) is 16.1. The Bertz CT molecular complexity index is 970. The van der Waals surface area contributed by atoms with Gasteiger partial charge in [-0.25, -0.2) is 0 Å². The van der Waals surface area contributed by atoms with E-state index in [1.807, 2.05) is 49.9 Å². The summed E-state index contributed by atoms with van der Waals surface area (Å²) in [4.78, 5) is 52.5. The van der Waals surface area contributed by atoms with Crippen LogP contribution in [0.15, 0.2) is 29.2 Å². The summed E-state index contributed by atoms with van der Waals surface area (Å²) in [5.41, 5.74) is 1.37. The van der Waals surface area contributed by atoms with E-state index in [1.54, 1.807) is 6.08 Å². The zero-order chi connectivity index (χ0) is 24.7. The van der Waals surface area contributed by atoms with Crippen molar-refractivity contribution in [3.8, 4) is 0 Å². The minimum atomic E-state index is -0.486. The molecule has 0 unspecified atom stereocenters. The fraction of sp³-hybridized carbons (Fsp3) is 0.520. The first-order valence-corrected chi connectivity index (χ1v) is 12.5. The van der Waals surface area contributed by atoms with E-state index in [9.17, 15) is 19.2 Å². The van der Waals surface area contributed by atoms with Gasteiger partial charge in [-0.05, 0) is 69.5 Å². The summed E-state index contributed by atoms with van der Waals surface area (Å²) in [6.45, 7) is 8.32. The molecule has 0 saturated carbocycles. The lowest BCUT2D eigenvalue weighted by Crippen LogP contribution is -2.35. The number of ether oxygens (including phenoxy) is 1. The molecule has 1 N–H and O–H groups in total. The fourth-order valence-corrected chi connectivity index (χ4v) is 4.64. The van der Waals surface area contributed by atoms with Crippen LogP contribution >= 0.6 is 11.8 Å². The van der Waals surface area contributed by atoms with Crippen molar-refractivity contribution in [3.05, 3.63) is 34.7 Å². The van der Waals surface area contributed by atoms with E-state index in [0.717, 1.165) is 36.0 Å². The number of nitrogens with zero attached hydrogens (tertiary/aromatic N) is 2. The van der Waals surface area contributed by atoms with Crippen LogP contribution in [0.5, 0.6) is 0 Å². The second-order valence-corrected chi connectivity index (χ2v) is 10.4. The molecule has 3 rings (SSSR count). The van der Waals surface area contributed by atoms with Gasteiger partial charge in [0.2, 0.25) is 5.91 Å². The molecule has 9 heteroatoms. The highest BCUT2D eigenvalue weighted by Gasteiger charge is 2.26. The molecule has 2 saturated heterocycles. The lowest BCUT2D eigenvalue weighted by Gasteiger charge is -2.25. The summed E-state index contributed by atoms with van der Waals surface area (Å²) in [5, 5.41) is 1.93. The quantitative estimate of drug-likeness (QED) is 0.353. The maximum atomic E-state index is 12.7. The van der Waals surface area contributed by atoms with Gasteiger partial charge in [-0.15, -0.1) is 0 Å². The molecule has 8 nitrogen and oxygen atoms in total. The average Bonchev–Trinajstić information content (AvgIpc) is 2.94. The van der Waals surface area contributed by atoms with Gasteiger partial charge in [0.05, 0.1) is 4.91 Å². The molecule has 34 heavy (non-hydrogen) atoms. The average molecular weight is 488 g/mol. The second kappa shape index (κ2) is 11.6. The Morgan fingerprint density at radius 2 is 1.79 bits per heavy atom. The summed E-state index contributed by atoms with van der Waals surface area (Å²) < 4.78 is 5.31. The van der Waals surface area contributed by atoms with Crippen molar-refractivity contribution in [2.45, 2.75) is 58.5 Å². The summed E-state index contributed by atoms with van der Waals surface area (Å²) in [5.74, 6) is -0.486. The Kier molecular flexibility index (Phi) is 8.77. The SMILES string of the molecule is CC(C)(C)OC(=O)CCCCC(=O)N1CCCN(c2ccccc2/C=C2\SC(=O)NC2=O)CC1. The third kappa shape index (κ3) is 7.62. The van der Waals surface area contributed by atoms with Crippen LogP contribution < -0.4 is 10.2 Å². The van der Waals surface area contributed by atoms with Crippen LogP contribution in [0.25, 0.3) is 6.08 Å². The molecule has 184 valence electrons. The van der Waals surface area contributed by atoms with E-state index in [2.05, 4.69) is 10.2 Å². The molecule has 0 radical (unpaired) electrons. The molecule has 1 aromatic carbocycles. The number of hydrogen-bond acceptors (Lipinski definition) is 7. The van der Waals surface area contributed by atoms with Gasteiger partial charge in [0.25, 0.3) is 11.1 Å².